The van der Waals surface area contributed by atoms with Crippen LogP contribution in [-0.2, 0) is 4.84 Å². The number of hydrogen-bond acceptors (Lipinski definition) is 5. The van der Waals surface area contributed by atoms with E-state index in [1.54, 1.807) is 19.1 Å². The van der Waals surface area contributed by atoms with Crippen molar-refractivity contribution in [1.29, 1.82) is 0 Å². The lowest BCUT2D eigenvalue weighted by Crippen LogP contribution is -2.35. The van der Waals surface area contributed by atoms with Gasteiger partial charge in [0.25, 0.3) is 5.91 Å². The van der Waals surface area contributed by atoms with Crippen molar-refractivity contribution in [3.05, 3.63) is 87.2 Å². The van der Waals surface area contributed by atoms with Gasteiger partial charge in [0, 0.05) is 33.6 Å². The lowest BCUT2D eigenvalue weighted by molar-refractivity contribution is -0.216. The van der Waals surface area contributed by atoms with Gasteiger partial charge < -0.3 is 4.84 Å². The Labute approximate surface area is 196 Å². The number of carbonyl (C=O) groups excluding carboxylic acids is 1. The van der Waals surface area contributed by atoms with Gasteiger partial charge >= 0.3 is 6.18 Å². The van der Waals surface area contributed by atoms with E-state index >= 15 is 0 Å². The van der Waals surface area contributed by atoms with E-state index in [1.807, 2.05) is 0 Å². The molecule has 6 nitrogen and oxygen atoms in total. The monoisotopic (exact) mass is 494 g/mol. The summed E-state index contributed by atoms with van der Waals surface area (Å²) < 4.78 is 41.1. The second-order valence-electron chi connectivity index (χ2n) is 7.28. The molecule has 2 aromatic carbocycles. The summed E-state index contributed by atoms with van der Waals surface area (Å²) >= 11 is 12.1. The predicted octanol–water partition coefficient (Wildman–Crippen LogP) is 5.79. The highest BCUT2D eigenvalue weighted by atomic mass is 35.5. The Morgan fingerprint density at radius 1 is 1.06 bits per heavy atom. The maximum absolute atomic E-state index is 13.7. The van der Waals surface area contributed by atoms with Crippen LogP contribution in [0.2, 0.25) is 10.0 Å². The molecule has 1 aliphatic heterocycles. The molecule has 170 valence electrons. The third-order valence-corrected chi connectivity index (χ3v) is 5.42. The van der Waals surface area contributed by atoms with Crippen LogP contribution in [0.15, 0.2) is 60.0 Å². The van der Waals surface area contributed by atoms with Crippen molar-refractivity contribution in [2.24, 2.45) is 5.16 Å². The zero-order valence-electron chi connectivity index (χ0n) is 16.9. The minimum Gasteiger partial charge on any atom is -0.381 e. The number of nitrogens with one attached hydrogen (secondary N) is 1. The third kappa shape index (κ3) is 4.94. The number of aromatic nitrogens is 2. The second kappa shape index (κ2) is 8.99. The number of hydrogen-bond donors (Lipinski definition) is 1. The Morgan fingerprint density at radius 2 is 1.73 bits per heavy atom. The molecule has 2 unspecified atom stereocenters. The summed E-state index contributed by atoms with van der Waals surface area (Å²) in [6.07, 6.45) is -3.93. The summed E-state index contributed by atoms with van der Waals surface area (Å²) in [6, 6.07) is 10.4. The van der Waals surface area contributed by atoms with Gasteiger partial charge in [0.15, 0.2) is 0 Å². The lowest BCUT2D eigenvalue weighted by Gasteiger charge is -2.22. The molecule has 1 N–H and O–H groups in total. The molecule has 4 rings (SSSR count). The number of benzene rings is 2. The second-order valence-corrected chi connectivity index (χ2v) is 8.15. The van der Waals surface area contributed by atoms with Crippen LogP contribution in [-0.4, -0.2) is 33.9 Å². The minimum atomic E-state index is -4.69. The normalized spacial score (nSPS) is 17.9. The molecule has 1 aliphatic rings. The van der Waals surface area contributed by atoms with Gasteiger partial charge in [-0.3, -0.25) is 10.1 Å². The van der Waals surface area contributed by atoms with Gasteiger partial charge in [0.1, 0.15) is 0 Å². The topological polar surface area (TPSA) is 76.5 Å². The largest absolute Gasteiger partial charge is 0.429 e. The van der Waals surface area contributed by atoms with Gasteiger partial charge in [-0.2, -0.15) is 13.2 Å². The Kier molecular flexibility index (Phi) is 6.27. The van der Waals surface area contributed by atoms with Gasteiger partial charge in [-0.25, -0.2) is 9.97 Å². The number of anilines is 1. The SMILES string of the molecule is Cc1cc(C2=NOC(C(F)(F)F)C2c2cc(Cl)cc(Cl)c2)ccc1C(=O)Nc1ncccn1. The van der Waals surface area contributed by atoms with Crippen LogP contribution in [0, 0.1) is 6.92 Å². The van der Waals surface area contributed by atoms with Crippen LogP contribution in [0.25, 0.3) is 0 Å². The molecule has 33 heavy (non-hydrogen) atoms. The van der Waals surface area contributed by atoms with E-state index in [0.717, 1.165) is 0 Å². The molecule has 0 bridgehead atoms. The van der Waals surface area contributed by atoms with Crippen LogP contribution >= 0.6 is 23.2 Å². The fraction of sp³-hybridized carbons (Fsp3) is 0.182. The van der Waals surface area contributed by atoms with E-state index in [1.165, 1.54) is 42.7 Å². The first-order valence-electron chi connectivity index (χ1n) is 9.59. The highest BCUT2D eigenvalue weighted by Crippen LogP contribution is 2.42. The van der Waals surface area contributed by atoms with E-state index in [2.05, 4.69) is 20.4 Å². The van der Waals surface area contributed by atoms with Crippen molar-refractivity contribution >= 4 is 40.8 Å². The average molecular weight is 495 g/mol. The van der Waals surface area contributed by atoms with Crippen molar-refractivity contribution < 1.29 is 22.8 Å². The Morgan fingerprint density at radius 3 is 2.33 bits per heavy atom. The van der Waals surface area contributed by atoms with Gasteiger partial charge in [0.2, 0.25) is 12.1 Å². The first-order valence-corrected chi connectivity index (χ1v) is 10.3. The fourth-order valence-corrected chi connectivity index (χ4v) is 4.10. The van der Waals surface area contributed by atoms with Crippen molar-refractivity contribution in [2.75, 3.05) is 5.32 Å². The Balaban J connectivity index is 1.68. The van der Waals surface area contributed by atoms with Crippen molar-refractivity contribution in [2.45, 2.75) is 25.1 Å². The van der Waals surface area contributed by atoms with Crippen LogP contribution in [0.3, 0.4) is 0 Å². The van der Waals surface area contributed by atoms with Crippen molar-refractivity contribution in [3.8, 4) is 0 Å². The average Bonchev–Trinajstić information content (AvgIpc) is 3.19. The lowest BCUT2D eigenvalue weighted by atomic mass is 9.85. The molecule has 0 saturated carbocycles. The van der Waals surface area contributed by atoms with Crippen LogP contribution in [0.1, 0.15) is 33.0 Å². The summed E-state index contributed by atoms with van der Waals surface area (Å²) in [4.78, 5) is 25.3. The summed E-state index contributed by atoms with van der Waals surface area (Å²) in [5, 5.41) is 6.69. The number of alkyl halides is 3. The van der Waals surface area contributed by atoms with Crippen LogP contribution in [0.5, 0.6) is 0 Å². The number of aryl methyl sites for hydroxylation is 1. The molecule has 0 spiro atoms. The molecule has 0 saturated heterocycles. The standard InChI is InChI=1S/C22H15Cl2F3N4O2/c1-11-7-12(3-4-16(11)20(32)30-21-28-5-2-6-29-21)18-17(19(33-31-18)22(25,26)27)13-8-14(23)10-15(24)9-13/h2-10,17,19H,1H3,(H,28,29,30,32). The highest BCUT2D eigenvalue weighted by molar-refractivity contribution is 6.34. The summed E-state index contributed by atoms with van der Waals surface area (Å²) in [7, 11) is 0. The fourth-order valence-electron chi connectivity index (χ4n) is 3.55. The zero-order chi connectivity index (χ0) is 23.8. The smallest absolute Gasteiger partial charge is 0.381 e. The number of oxime groups is 1. The molecule has 2 heterocycles. The van der Waals surface area contributed by atoms with Gasteiger partial charge in [-0.1, -0.05) is 34.4 Å². The van der Waals surface area contributed by atoms with Gasteiger partial charge in [-0.05, 0) is 54.4 Å². The first kappa shape index (κ1) is 23.0. The van der Waals surface area contributed by atoms with Crippen molar-refractivity contribution in [1.82, 2.24) is 9.97 Å². The molecular weight excluding hydrogens is 480 g/mol. The predicted molar refractivity (Wildman–Crippen MR) is 118 cm³/mol. The molecule has 2 atom stereocenters. The molecule has 0 fully saturated rings. The van der Waals surface area contributed by atoms with Crippen LogP contribution < -0.4 is 5.32 Å². The highest BCUT2D eigenvalue weighted by Gasteiger charge is 2.53. The quantitative estimate of drug-likeness (QED) is 0.497. The minimum absolute atomic E-state index is 0.0529. The molecule has 0 aliphatic carbocycles. The first-order chi connectivity index (χ1) is 15.6. The molecule has 11 heteroatoms. The molecule has 1 aromatic heterocycles. The number of carbonyl (C=O) groups is 1. The molecule has 1 amide bonds. The molecule has 0 radical (unpaired) electrons. The summed E-state index contributed by atoms with van der Waals surface area (Å²) in [5.74, 6) is -1.62. The number of nitrogens with zero attached hydrogens (tertiary/aromatic N) is 3. The van der Waals surface area contributed by atoms with E-state index in [-0.39, 0.29) is 27.3 Å². The van der Waals surface area contributed by atoms with Crippen molar-refractivity contribution in [3.63, 3.8) is 0 Å². The summed E-state index contributed by atoms with van der Waals surface area (Å²) in [5.41, 5.74) is 1.46. The zero-order valence-corrected chi connectivity index (χ0v) is 18.4. The maximum atomic E-state index is 13.7. The number of amides is 1. The maximum Gasteiger partial charge on any atom is 0.429 e. The van der Waals surface area contributed by atoms with Crippen LogP contribution in [0.4, 0.5) is 19.1 Å². The Bertz CT molecular complexity index is 1220. The van der Waals surface area contributed by atoms with Gasteiger partial charge in [-0.15, -0.1) is 0 Å². The Hall–Kier alpha value is -3.17. The van der Waals surface area contributed by atoms with E-state index in [4.69, 9.17) is 28.0 Å². The van der Waals surface area contributed by atoms with E-state index < -0.39 is 24.1 Å². The number of rotatable bonds is 4. The van der Waals surface area contributed by atoms with Gasteiger partial charge in [0.05, 0.1) is 11.6 Å². The summed E-state index contributed by atoms with van der Waals surface area (Å²) in [6.45, 7) is 1.66. The molecule has 3 aromatic rings. The molecular formula is C22H15Cl2F3N4O2. The van der Waals surface area contributed by atoms with E-state index in [9.17, 15) is 18.0 Å². The van der Waals surface area contributed by atoms with E-state index in [0.29, 0.717) is 16.7 Å². The number of halogens is 5. The third-order valence-electron chi connectivity index (χ3n) is 4.99.